The first kappa shape index (κ1) is 9.53. The number of H-pyrrole nitrogens is 2. The Hall–Kier alpha value is -1.56. The molecule has 0 aromatic carbocycles. The lowest BCUT2D eigenvalue weighted by Gasteiger charge is -1.97. The van der Waals surface area contributed by atoms with Crippen LogP contribution in [0.3, 0.4) is 0 Å². The molecule has 3 N–H and O–H groups in total. The number of aromatic amines is 2. The maximum absolute atomic E-state index is 10.8. The number of nitrogens with one attached hydrogen (secondary N) is 2. The Morgan fingerprint density at radius 1 is 1.38 bits per heavy atom. The number of carboxylic acid groups (broad SMARTS) is 1. The molecule has 1 rings (SSSR count). The predicted molar refractivity (Wildman–Crippen MR) is 44.0 cm³/mol. The molecule has 13 heavy (non-hydrogen) atoms. The first-order valence-corrected chi connectivity index (χ1v) is 3.61. The smallest absolute Gasteiger partial charge is 0.325 e. The molecule has 0 aliphatic carbocycles. The third-order valence-electron chi connectivity index (χ3n) is 1.28. The fraction of sp³-hybridized carbons (Fsp3) is 0.167. The van der Waals surface area contributed by atoms with E-state index >= 15 is 0 Å². The lowest BCUT2D eigenvalue weighted by atomic mass is 10.3. The van der Waals surface area contributed by atoms with Gasteiger partial charge in [-0.15, -0.1) is 0 Å². The highest BCUT2D eigenvalue weighted by Gasteiger charge is 2.09. The molecule has 7 heteroatoms. The number of aromatic nitrogens is 2. The molecule has 0 bridgehead atoms. The Morgan fingerprint density at radius 2 is 2.00 bits per heavy atom. The van der Waals surface area contributed by atoms with E-state index in [4.69, 9.17) is 16.7 Å². The van der Waals surface area contributed by atoms with Crippen LogP contribution in [0.15, 0.2) is 9.59 Å². The predicted octanol–water partition coefficient (Wildman–Crippen LogP) is -0.656. The summed E-state index contributed by atoms with van der Waals surface area (Å²) in [7, 11) is 0. The van der Waals surface area contributed by atoms with Crippen LogP contribution >= 0.6 is 11.6 Å². The van der Waals surface area contributed by atoms with E-state index in [2.05, 4.69) is 4.98 Å². The first-order valence-electron chi connectivity index (χ1n) is 3.23. The minimum absolute atomic E-state index is 0.0945. The number of hydrogen-bond acceptors (Lipinski definition) is 3. The lowest BCUT2D eigenvalue weighted by molar-refractivity contribution is -0.136. The van der Waals surface area contributed by atoms with Crippen LogP contribution in [0.4, 0.5) is 0 Å². The minimum Gasteiger partial charge on any atom is -0.481 e. The summed E-state index contributed by atoms with van der Waals surface area (Å²) < 4.78 is 0. The summed E-state index contributed by atoms with van der Waals surface area (Å²) in [4.78, 5) is 35.8. The molecule has 0 saturated carbocycles. The molecule has 0 aliphatic heterocycles. The van der Waals surface area contributed by atoms with Crippen LogP contribution in [0.2, 0.25) is 5.02 Å². The third-order valence-corrected chi connectivity index (χ3v) is 1.68. The van der Waals surface area contributed by atoms with Crippen molar-refractivity contribution in [1.82, 2.24) is 9.97 Å². The normalized spacial score (nSPS) is 9.92. The van der Waals surface area contributed by atoms with Gasteiger partial charge in [-0.1, -0.05) is 11.6 Å². The van der Waals surface area contributed by atoms with Gasteiger partial charge in [0.25, 0.3) is 5.56 Å². The molecular weight excluding hydrogens is 200 g/mol. The molecule has 1 heterocycles. The second-order valence-electron chi connectivity index (χ2n) is 2.27. The van der Waals surface area contributed by atoms with E-state index in [1.807, 2.05) is 4.98 Å². The van der Waals surface area contributed by atoms with Crippen molar-refractivity contribution in [2.24, 2.45) is 0 Å². The number of aliphatic carboxylic acids is 1. The van der Waals surface area contributed by atoms with Crippen molar-refractivity contribution < 1.29 is 9.90 Å². The van der Waals surface area contributed by atoms with Crippen LogP contribution in [-0.4, -0.2) is 21.0 Å². The third kappa shape index (κ3) is 2.19. The van der Waals surface area contributed by atoms with Crippen LogP contribution in [0, 0.1) is 0 Å². The number of carboxylic acids is 1. The largest absolute Gasteiger partial charge is 0.481 e. The van der Waals surface area contributed by atoms with Crippen molar-refractivity contribution in [3.63, 3.8) is 0 Å². The van der Waals surface area contributed by atoms with Crippen LogP contribution in [-0.2, 0) is 11.2 Å². The Labute approximate surface area is 76.2 Å². The molecule has 1 aromatic rings. The second-order valence-corrected chi connectivity index (χ2v) is 2.65. The average molecular weight is 205 g/mol. The van der Waals surface area contributed by atoms with Gasteiger partial charge in [0.15, 0.2) is 0 Å². The molecule has 0 unspecified atom stereocenters. The first-order chi connectivity index (χ1) is 6.00. The van der Waals surface area contributed by atoms with Gasteiger partial charge in [-0.3, -0.25) is 14.6 Å². The highest BCUT2D eigenvalue weighted by molar-refractivity contribution is 6.31. The molecule has 0 saturated heterocycles. The molecule has 0 amide bonds. The summed E-state index contributed by atoms with van der Waals surface area (Å²) in [6, 6.07) is 0. The molecule has 0 aliphatic rings. The van der Waals surface area contributed by atoms with Crippen molar-refractivity contribution in [1.29, 1.82) is 0 Å². The topological polar surface area (TPSA) is 103 Å². The lowest BCUT2D eigenvalue weighted by Crippen LogP contribution is -2.25. The average Bonchev–Trinajstić information content (AvgIpc) is 1.98. The molecule has 0 fully saturated rings. The maximum atomic E-state index is 10.8. The van der Waals surface area contributed by atoms with Gasteiger partial charge in [-0.2, -0.15) is 0 Å². The van der Waals surface area contributed by atoms with Gasteiger partial charge in [0.1, 0.15) is 5.02 Å². The summed E-state index contributed by atoms with van der Waals surface area (Å²) in [5.41, 5.74) is -1.66. The van der Waals surface area contributed by atoms with E-state index in [0.29, 0.717) is 0 Å². The highest BCUT2D eigenvalue weighted by Crippen LogP contribution is 2.04. The summed E-state index contributed by atoms with van der Waals surface area (Å²) in [6.45, 7) is 0. The molecular formula is C6H5ClN2O4. The zero-order valence-electron chi connectivity index (χ0n) is 6.26. The molecule has 0 radical (unpaired) electrons. The summed E-state index contributed by atoms with van der Waals surface area (Å²) in [6.07, 6.45) is -0.488. The second kappa shape index (κ2) is 3.44. The van der Waals surface area contributed by atoms with Crippen molar-refractivity contribution in [2.75, 3.05) is 0 Å². The van der Waals surface area contributed by atoms with Gasteiger partial charge in [0.05, 0.1) is 12.1 Å². The fourth-order valence-electron chi connectivity index (χ4n) is 0.791. The molecule has 70 valence electrons. The van der Waals surface area contributed by atoms with Crippen molar-refractivity contribution in [3.8, 4) is 0 Å². The van der Waals surface area contributed by atoms with E-state index < -0.39 is 23.6 Å². The monoisotopic (exact) mass is 204 g/mol. The van der Waals surface area contributed by atoms with Crippen LogP contribution in [0.5, 0.6) is 0 Å². The SMILES string of the molecule is O=C(O)Cc1[nH]c(=O)[nH]c(=O)c1Cl. The van der Waals surface area contributed by atoms with Gasteiger partial charge >= 0.3 is 11.7 Å². The molecule has 0 spiro atoms. The zero-order valence-corrected chi connectivity index (χ0v) is 7.01. The van der Waals surface area contributed by atoms with Crippen molar-refractivity contribution in [3.05, 3.63) is 31.6 Å². The fourth-order valence-corrected chi connectivity index (χ4v) is 0.953. The summed E-state index contributed by atoms with van der Waals surface area (Å²) >= 11 is 5.43. The van der Waals surface area contributed by atoms with E-state index in [9.17, 15) is 14.4 Å². The number of hydrogen-bond donors (Lipinski definition) is 3. The molecule has 1 aromatic heterocycles. The van der Waals surface area contributed by atoms with E-state index in [0.717, 1.165) is 0 Å². The highest BCUT2D eigenvalue weighted by atomic mass is 35.5. The zero-order chi connectivity index (χ0) is 10.0. The summed E-state index contributed by atoms with van der Waals surface area (Å²) in [5.74, 6) is -1.18. The van der Waals surface area contributed by atoms with Gasteiger partial charge in [0, 0.05) is 0 Å². The Kier molecular flexibility index (Phi) is 2.52. The Balaban J connectivity index is 3.28. The van der Waals surface area contributed by atoms with Gasteiger partial charge < -0.3 is 10.1 Å². The van der Waals surface area contributed by atoms with Crippen LogP contribution < -0.4 is 11.2 Å². The Morgan fingerprint density at radius 3 is 2.54 bits per heavy atom. The molecule has 0 atom stereocenters. The standard InChI is InChI=1S/C6H5ClN2O4/c7-4-2(1-3(10)11)8-6(13)9-5(4)12/h1H2,(H,10,11)(H2,8,9,12,13). The van der Waals surface area contributed by atoms with E-state index in [1.54, 1.807) is 0 Å². The minimum atomic E-state index is -1.18. The quantitative estimate of drug-likeness (QED) is 0.595. The number of halogens is 1. The summed E-state index contributed by atoms with van der Waals surface area (Å²) in [5, 5.41) is 8.08. The van der Waals surface area contributed by atoms with E-state index in [-0.39, 0.29) is 10.7 Å². The van der Waals surface area contributed by atoms with Crippen molar-refractivity contribution in [2.45, 2.75) is 6.42 Å². The van der Waals surface area contributed by atoms with Crippen LogP contribution in [0.25, 0.3) is 0 Å². The van der Waals surface area contributed by atoms with Gasteiger partial charge in [0.2, 0.25) is 0 Å². The van der Waals surface area contributed by atoms with E-state index in [1.165, 1.54) is 0 Å². The Bertz CT molecular complexity index is 447. The maximum Gasteiger partial charge on any atom is 0.325 e. The van der Waals surface area contributed by atoms with Crippen molar-refractivity contribution >= 4 is 17.6 Å². The molecule has 6 nitrogen and oxygen atoms in total. The number of carbonyl (C=O) groups is 1. The van der Waals surface area contributed by atoms with Crippen LogP contribution in [0.1, 0.15) is 5.69 Å². The van der Waals surface area contributed by atoms with Gasteiger partial charge in [-0.05, 0) is 0 Å². The number of rotatable bonds is 2. The van der Waals surface area contributed by atoms with Gasteiger partial charge in [-0.25, -0.2) is 4.79 Å².